The van der Waals surface area contributed by atoms with Gasteiger partial charge in [0.1, 0.15) is 0 Å². The number of H-pyrrole nitrogens is 1. The molecule has 4 heteroatoms. The van der Waals surface area contributed by atoms with Crippen LogP contribution in [0.25, 0.3) is 5.57 Å². The Bertz CT molecular complexity index is 391. The Labute approximate surface area is 89.1 Å². The second-order valence-electron chi connectivity index (χ2n) is 4.14. The zero-order chi connectivity index (χ0) is 10.1. The van der Waals surface area contributed by atoms with Gasteiger partial charge in [-0.3, -0.25) is 5.10 Å². The third-order valence-corrected chi connectivity index (χ3v) is 3.17. The average Bonchev–Trinajstić information content (AvgIpc) is 2.74. The summed E-state index contributed by atoms with van der Waals surface area (Å²) >= 11 is 0. The Kier molecular flexibility index (Phi) is 2.31. The standard InChI is InChI=1S/C11H16N4/c1-4-12-5-2-8(1)11-9-7-13-6-3-10(9)14-15-11/h1,12-13H,2-7H2,(H,14,15). The zero-order valence-electron chi connectivity index (χ0n) is 8.77. The number of hydrogen-bond donors (Lipinski definition) is 3. The lowest BCUT2D eigenvalue weighted by Gasteiger charge is -2.16. The van der Waals surface area contributed by atoms with Crippen molar-refractivity contribution in [1.82, 2.24) is 20.8 Å². The smallest absolute Gasteiger partial charge is 0.0926 e. The Hall–Kier alpha value is -1.13. The molecule has 3 heterocycles. The van der Waals surface area contributed by atoms with Gasteiger partial charge in [-0.05, 0) is 18.5 Å². The van der Waals surface area contributed by atoms with E-state index in [1.54, 1.807) is 0 Å². The molecule has 1 aromatic rings. The summed E-state index contributed by atoms with van der Waals surface area (Å²) in [6.07, 6.45) is 4.43. The van der Waals surface area contributed by atoms with E-state index in [0.717, 1.165) is 39.0 Å². The molecule has 3 rings (SSSR count). The molecule has 0 atom stereocenters. The summed E-state index contributed by atoms with van der Waals surface area (Å²) in [5.74, 6) is 0. The van der Waals surface area contributed by atoms with Crippen molar-refractivity contribution in [2.75, 3.05) is 19.6 Å². The second kappa shape index (κ2) is 3.79. The molecule has 0 saturated carbocycles. The molecule has 3 N–H and O–H groups in total. The summed E-state index contributed by atoms with van der Waals surface area (Å²) in [6, 6.07) is 0. The molecule has 0 bridgehead atoms. The highest BCUT2D eigenvalue weighted by molar-refractivity contribution is 5.67. The maximum Gasteiger partial charge on any atom is 0.0926 e. The molecule has 0 aromatic carbocycles. The molecule has 15 heavy (non-hydrogen) atoms. The van der Waals surface area contributed by atoms with Crippen LogP contribution in [0.1, 0.15) is 23.4 Å². The number of nitrogens with one attached hydrogen (secondary N) is 3. The highest BCUT2D eigenvalue weighted by Crippen LogP contribution is 2.25. The first-order chi connectivity index (χ1) is 7.45. The van der Waals surface area contributed by atoms with E-state index in [4.69, 9.17) is 0 Å². The van der Waals surface area contributed by atoms with Gasteiger partial charge < -0.3 is 10.6 Å². The molecule has 0 aliphatic carbocycles. The molecular weight excluding hydrogens is 188 g/mol. The molecule has 0 radical (unpaired) electrons. The summed E-state index contributed by atoms with van der Waals surface area (Å²) in [6.45, 7) is 4.08. The van der Waals surface area contributed by atoms with Crippen LogP contribution >= 0.6 is 0 Å². The van der Waals surface area contributed by atoms with Crippen LogP contribution in [0.15, 0.2) is 6.08 Å². The van der Waals surface area contributed by atoms with Crippen LogP contribution in [0.3, 0.4) is 0 Å². The van der Waals surface area contributed by atoms with Gasteiger partial charge in [0.25, 0.3) is 0 Å². The van der Waals surface area contributed by atoms with Crippen molar-refractivity contribution in [3.05, 3.63) is 23.0 Å². The molecular formula is C11H16N4. The van der Waals surface area contributed by atoms with Crippen LogP contribution in [-0.2, 0) is 13.0 Å². The van der Waals surface area contributed by atoms with Crippen LogP contribution in [0.2, 0.25) is 0 Å². The van der Waals surface area contributed by atoms with Crippen LogP contribution in [0, 0.1) is 0 Å². The van der Waals surface area contributed by atoms with E-state index in [0.29, 0.717) is 0 Å². The number of hydrogen-bond acceptors (Lipinski definition) is 3. The van der Waals surface area contributed by atoms with Gasteiger partial charge in [0.05, 0.1) is 5.69 Å². The molecule has 0 fully saturated rings. The molecule has 2 aliphatic rings. The summed E-state index contributed by atoms with van der Waals surface area (Å²) in [5.41, 5.74) is 5.30. The van der Waals surface area contributed by atoms with Gasteiger partial charge >= 0.3 is 0 Å². The van der Waals surface area contributed by atoms with Gasteiger partial charge in [-0.25, -0.2) is 0 Å². The van der Waals surface area contributed by atoms with Crippen LogP contribution in [0.4, 0.5) is 0 Å². The van der Waals surface area contributed by atoms with Crippen LogP contribution < -0.4 is 10.6 Å². The molecule has 2 aliphatic heterocycles. The Morgan fingerprint density at radius 2 is 2.07 bits per heavy atom. The SMILES string of the molecule is C1=C(c2n[nH]c3c2CNCC3)CCNC1. The maximum absolute atomic E-state index is 4.46. The monoisotopic (exact) mass is 204 g/mol. The summed E-state index contributed by atoms with van der Waals surface area (Å²) in [4.78, 5) is 0. The lowest BCUT2D eigenvalue weighted by molar-refractivity contribution is 0.635. The fourth-order valence-electron chi connectivity index (χ4n) is 2.33. The van der Waals surface area contributed by atoms with Gasteiger partial charge in [0.15, 0.2) is 0 Å². The minimum absolute atomic E-state index is 0.964. The number of aromatic amines is 1. The summed E-state index contributed by atoms with van der Waals surface area (Å²) < 4.78 is 0. The van der Waals surface area contributed by atoms with Gasteiger partial charge in [0.2, 0.25) is 0 Å². The van der Waals surface area contributed by atoms with Crippen molar-refractivity contribution < 1.29 is 0 Å². The molecule has 0 amide bonds. The summed E-state index contributed by atoms with van der Waals surface area (Å²) in [5, 5.41) is 14.4. The van der Waals surface area contributed by atoms with Crippen molar-refractivity contribution in [2.24, 2.45) is 0 Å². The molecule has 0 unspecified atom stereocenters. The van der Waals surface area contributed by atoms with Crippen molar-refractivity contribution in [2.45, 2.75) is 19.4 Å². The Balaban J connectivity index is 1.97. The first-order valence-corrected chi connectivity index (χ1v) is 5.62. The number of rotatable bonds is 1. The predicted molar refractivity (Wildman–Crippen MR) is 59.5 cm³/mol. The maximum atomic E-state index is 4.46. The highest BCUT2D eigenvalue weighted by Gasteiger charge is 2.19. The minimum atomic E-state index is 0.964. The van der Waals surface area contributed by atoms with Crippen LogP contribution in [-0.4, -0.2) is 29.8 Å². The first kappa shape index (κ1) is 9.12. The van der Waals surface area contributed by atoms with E-state index in [-0.39, 0.29) is 0 Å². The van der Waals surface area contributed by atoms with Gasteiger partial charge in [0, 0.05) is 37.3 Å². The topological polar surface area (TPSA) is 52.7 Å². The van der Waals surface area contributed by atoms with Crippen molar-refractivity contribution in [3.8, 4) is 0 Å². The third-order valence-electron chi connectivity index (χ3n) is 3.17. The van der Waals surface area contributed by atoms with Gasteiger partial charge in [-0.2, -0.15) is 5.10 Å². The van der Waals surface area contributed by atoms with Gasteiger partial charge in [-0.1, -0.05) is 6.08 Å². The number of aromatic nitrogens is 2. The predicted octanol–water partition coefficient (Wildman–Crippen LogP) is 0.432. The van der Waals surface area contributed by atoms with E-state index in [1.807, 2.05) is 0 Å². The first-order valence-electron chi connectivity index (χ1n) is 5.62. The fourth-order valence-corrected chi connectivity index (χ4v) is 2.33. The average molecular weight is 204 g/mol. The molecule has 0 saturated heterocycles. The van der Waals surface area contributed by atoms with E-state index in [1.165, 1.54) is 22.5 Å². The van der Waals surface area contributed by atoms with E-state index in [9.17, 15) is 0 Å². The normalized spacial score (nSPS) is 20.9. The minimum Gasteiger partial charge on any atom is -0.313 e. The quantitative estimate of drug-likeness (QED) is 0.622. The Morgan fingerprint density at radius 1 is 1.13 bits per heavy atom. The molecule has 80 valence electrons. The van der Waals surface area contributed by atoms with E-state index < -0.39 is 0 Å². The van der Waals surface area contributed by atoms with Crippen molar-refractivity contribution in [3.63, 3.8) is 0 Å². The number of fused-ring (bicyclic) bond motifs is 1. The van der Waals surface area contributed by atoms with E-state index >= 15 is 0 Å². The molecule has 4 nitrogen and oxygen atoms in total. The lowest BCUT2D eigenvalue weighted by Crippen LogP contribution is -2.24. The van der Waals surface area contributed by atoms with Crippen molar-refractivity contribution in [1.29, 1.82) is 0 Å². The summed E-state index contributed by atoms with van der Waals surface area (Å²) in [7, 11) is 0. The van der Waals surface area contributed by atoms with Crippen molar-refractivity contribution >= 4 is 5.57 Å². The van der Waals surface area contributed by atoms with Gasteiger partial charge in [-0.15, -0.1) is 0 Å². The fraction of sp³-hybridized carbons (Fsp3) is 0.545. The third kappa shape index (κ3) is 1.60. The highest BCUT2D eigenvalue weighted by atomic mass is 15.1. The largest absolute Gasteiger partial charge is 0.313 e. The van der Waals surface area contributed by atoms with E-state index in [2.05, 4.69) is 26.9 Å². The lowest BCUT2D eigenvalue weighted by atomic mass is 9.99. The molecule has 0 spiro atoms. The number of nitrogens with zero attached hydrogens (tertiary/aromatic N) is 1. The molecule has 1 aromatic heterocycles. The zero-order valence-corrected chi connectivity index (χ0v) is 8.77. The Morgan fingerprint density at radius 3 is 2.93 bits per heavy atom. The van der Waals surface area contributed by atoms with Crippen LogP contribution in [0.5, 0.6) is 0 Å². The second-order valence-corrected chi connectivity index (χ2v) is 4.14.